The molecule has 2 nitrogen and oxygen atoms in total. The number of rotatable bonds is 5. The second-order valence-corrected chi connectivity index (χ2v) is 6.57. The summed E-state index contributed by atoms with van der Waals surface area (Å²) in [5.41, 5.74) is 8.03. The van der Waals surface area contributed by atoms with Gasteiger partial charge in [-0.3, -0.25) is 0 Å². The Balaban J connectivity index is 2.40. The van der Waals surface area contributed by atoms with E-state index in [1.807, 2.05) is 6.07 Å². The smallest absolute Gasteiger partial charge is 0.107 e. The molecule has 98 valence electrons. The molecule has 2 rings (SSSR count). The highest BCUT2D eigenvalue weighted by Crippen LogP contribution is 2.36. The molecule has 0 aliphatic heterocycles. The molecule has 1 fully saturated rings. The molecule has 0 unspecified atom stereocenters. The molecule has 1 saturated carbocycles. The molecule has 1 aromatic carbocycles. The number of anilines is 1. The van der Waals surface area contributed by atoms with Crippen molar-refractivity contribution < 1.29 is 0 Å². The Kier molecular flexibility index (Phi) is 4.28. The lowest BCUT2D eigenvalue weighted by Crippen LogP contribution is -2.32. The van der Waals surface area contributed by atoms with Gasteiger partial charge >= 0.3 is 0 Å². The molecule has 0 heterocycles. The fraction of sp³-hybridized carbons (Fsp3) is 0.500. The Labute approximate surface area is 123 Å². The van der Waals surface area contributed by atoms with Crippen molar-refractivity contribution in [3.63, 3.8) is 0 Å². The van der Waals surface area contributed by atoms with E-state index < -0.39 is 0 Å². The molecule has 0 spiro atoms. The number of halogens is 1. The van der Waals surface area contributed by atoms with Crippen molar-refractivity contribution in [3.8, 4) is 0 Å². The maximum absolute atomic E-state index is 5.88. The van der Waals surface area contributed by atoms with Crippen LogP contribution in [0.1, 0.15) is 32.3 Å². The summed E-state index contributed by atoms with van der Waals surface area (Å²) in [7, 11) is 0. The zero-order valence-electron chi connectivity index (χ0n) is 10.8. The minimum atomic E-state index is 0.465. The Hall–Kier alpha value is -0.610. The fourth-order valence-electron chi connectivity index (χ4n) is 2.22. The molecular weight excluding hydrogens is 308 g/mol. The van der Waals surface area contributed by atoms with Crippen LogP contribution in [0, 0.1) is 5.92 Å². The van der Waals surface area contributed by atoms with E-state index in [4.69, 9.17) is 18.0 Å². The lowest BCUT2D eigenvalue weighted by molar-refractivity contribution is 0.607. The van der Waals surface area contributed by atoms with Crippen LogP contribution in [0.3, 0.4) is 0 Å². The molecule has 0 atom stereocenters. The first-order valence-corrected chi connectivity index (χ1v) is 7.55. The van der Waals surface area contributed by atoms with Crippen molar-refractivity contribution in [3.05, 3.63) is 28.2 Å². The van der Waals surface area contributed by atoms with Gasteiger partial charge in [0, 0.05) is 28.3 Å². The standard InChI is InChI=1S/C14H19BrN2S/c1-9(2)8-17(10-6-7-10)12-5-3-4-11(15)13(12)14(16)18/h3-5,9-10H,6-8H2,1-2H3,(H2,16,18). The first kappa shape index (κ1) is 13.8. The van der Waals surface area contributed by atoms with Gasteiger partial charge in [0.15, 0.2) is 0 Å². The third-order valence-corrected chi connectivity index (χ3v) is 3.96. The lowest BCUT2D eigenvalue weighted by Gasteiger charge is -2.29. The molecular formula is C14H19BrN2S. The average molecular weight is 327 g/mol. The molecule has 4 heteroatoms. The number of nitrogens with two attached hydrogens (primary N) is 1. The Bertz CT molecular complexity index is 455. The van der Waals surface area contributed by atoms with Gasteiger partial charge in [0.2, 0.25) is 0 Å². The van der Waals surface area contributed by atoms with E-state index in [1.165, 1.54) is 18.5 Å². The van der Waals surface area contributed by atoms with Crippen LogP contribution in [-0.4, -0.2) is 17.6 Å². The van der Waals surface area contributed by atoms with Gasteiger partial charge in [0.1, 0.15) is 4.99 Å². The minimum absolute atomic E-state index is 0.465. The lowest BCUT2D eigenvalue weighted by atomic mass is 10.1. The van der Waals surface area contributed by atoms with Gasteiger partial charge in [-0.25, -0.2) is 0 Å². The highest BCUT2D eigenvalue weighted by molar-refractivity contribution is 9.10. The monoisotopic (exact) mass is 326 g/mol. The number of thiocarbonyl (C=S) groups is 1. The first-order valence-electron chi connectivity index (χ1n) is 6.35. The highest BCUT2D eigenvalue weighted by Gasteiger charge is 2.31. The normalized spacial score (nSPS) is 14.9. The van der Waals surface area contributed by atoms with Crippen molar-refractivity contribution in [1.82, 2.24) is 0 Å². The third-order valence-electron chi connectivity index (χ3n) is 3.10. The van der Waals surface area contributed by atoms with Gasteiger partial charge in [0.05, 0.1) is 0 Å². The zero-order valence-corrected chi connectivity index (χ0v) is 13.2. The highest BCUT2D eigenvalue weighted by atomic mass is 79.9. The summed E-state index contributed by atoms with van der Waals surface area (Å²) in [5, 5.41) is 0. The molecule has 0 saturated heterocycles. The van der Waals surface area contributed by atoms with Crippen LogP contribution in [0.15, 0.2) is 22.7 Å². The first-order chi connectivity index (χ1) is 8.50. The molecule has 2 N–H and O–H groups in total. The summed E-state index contributed by atoms with van der Waals surface area (Å²) in [5.74, 6) is 0.628. The van der Waals surface area contributed by atoms with E-state index in [0.717, 1.165) is 16.6 Å². The molecule has 1 aliphatic rings. The van der Waals surface area contributed by atoms with Gasteiger partial charge in [-0.05, 0) is 46.8 Å². The average Bonchev–Trinajstić information content (AvgIpc) is 3.08. The van der Waals surface area contributed by atoms with E-state index in [0.29, 0.717) is 16.9 Å². The predicted octanol–water partition coefficient (Wildman–Crippen LogP) is 3.71. The molecule has 0 aromatic heterocycles. The summed E-state index contributed by atoms with van der Waals surface area (Å²) >= 11 is 8.76. The predicted molar refractivity (Wildman–Crippen MR) is 85.2 cm³/mol. The van der Waals surface area contributed by atoms with Crippen molar-refractivity contribution in [2.45, 2.75) is 32.7 Å². The van der Waals surface area contributed by atoms with Crippen LogP contribution < -0.4 is 10.6 Å². The van der Waals surface area contributed by atoms with Crippen molar-refractivity contribution in [2.24, 2.45) is 11.7 Å². The van der Waals surface area contributed by atoms with Crippen molar-refractivity contribution >= 4 is 38.8 Å². The summed E-state index contributed by atoms with van der Waals surface area (Å²) in [6.07, 6.45) is 2.55. The minimum Gasteiger partial charge on any atom is -0.389 e. The summed E-state index contributed by atoms with van der Waals surface area (Å²) in [4.78, 5) is 2.93. The van der Waals surface area contributed by atoms with Crippen molar-refractivity contribution in [1.29, 1.82) is 0 Å². The molecule has 1 aromatic rings. The van der Waals surface area contributed by atoms with Crippen LogP contribution in [0.5, 0.6) is 0 Å². The van der Waals surface area contributed by atoms with Gasteiger partial charge in [0.25, 0.3) is 0 Å². The van der Waals surface area contributed by atoms with E-state index in [9.17, 15) is 0 Å². The Morgan fingerprint density at radius 1 is 1.50 bits per heavy atom. The SMILES string of the molecule is CC(C)CN(c1cccc(Br)c1C(N)=S)C1CC1. The molecule has 18 heavy (non-hydrogen) atoms. The maximum atomic E-state index is 5.88. The Morgan fingerprint density at radius 2 is 2.17 bits per heavy atom. The number of hydrogen-bond acceptors (Lipinski definition) is 2. The van der Waals surface area contributed by atoms with E-state index >= 15 is 0 Å². The van der Waals surface area contributed by atoms with Crippen LogP contribution in [0.2, 0.25) is 0 Å². The van der Waals surface area contributed by atoms with Crippen LogP contribution in [0.4, 0.5) is 5.69 Å². The zero-order chi connectivity index (χ0) is 13.3. The summed E-state index contributed by atoms with van der Waals surface area (Å²) in [6, 6.07) is 6.84. The summed E-state index contributed by atoms with van der Waals surface area (Å²) in [6.45, 7) is 5.54. The number of benzene rings is 1. The topological polar surface area (TPSA) is 29.3 Å². The Morgan fingerprint density at radius 3 is 2.67 bits per heavy atom. The second kappa shape index (κ2) is 5.57. The van der Waals surface area contributed by atoms with Gasteiger partial charge in [-0.1, -0.05) is 32.1 Å². The largest absolute Gasteiger partial charge is 0.389 e. The number of hydrogen-bond donors (Lipinski definition) is 1. The van der Waals surface area contributed by atoms with Gasteiger partial charge < -0.3 is 10.6 Å². The molecule has 0 radical (unpaired) electrons. The third kappa shape index (κ3) is 3.04. The van der Waals surface area contributed by atoms with Gasteiger partial charge in [-0.15, -0.1) is 0 Å². The van der Waals surface area contributed by atoms with E-state index in [2.05, 4.69) is 46.8 Å². The van der Waals surface area contributed by atoms with Crippen molar-refractivity contribution in [2.75, 3.05) is 11.4 Å². The fourth-order valence-corrected chi connectivity index (χ4v) is 3.13. The molecule has 1 aliphatic carbocycles. The number of nitrogens with zero attached hydrogens (tertiary/aromatic N) is 1. The quantitative estimate of drug-likeness (QED) is 0.836. The van der Waals surface area contributed by atoms with Crippen LogP contribution in [-0.2, 0) is 0 Å². The van der Waals surface area contributed by atoms with Crippen LogP contribution in [0.25, 0.3) is 0 Å². The van der Waals surface area contributed by atoms with Gasteiger partial charge in [-0.2, -0.15) is 0 Å². The van der Waals surface area contributed by atoms with E-state index in [-0.39, 0.29) is 0 Å². The van der Waals surface area contributed by atoms with E-state index in [1.54, 1.807) is 0 Å². The molecule has 0 amide bonds. The van der Waals surface area contributed by atoms with Crippen LogP contribution >= 0.6 is 28.1 Å². The summed E-state index contributed by atoms with van der Waals surface area (Å²) < 4.78 is 0.988. The maximum Gasteiger partial charge on any atom is 0.107 e. The molecule has 0 bridgehead atoms. The second-order valence-electron chi connectivity index (χ2n) is 5.28.